The van der Waals surface area contributed by atoms with E-state index in [-0.39, 0.29) is 5.97 Å². The Bertz CT molecular complexity index is 389. The highest BCUT2D eigenvalue weighted by atomic mass is 16.5. The molecular formula is C16H25NO3. The first-order chi connectivity index (χ1) is 9.65. The first-order valence-corrected chi connectivity index (χ1v) is 7.04. The summed E-state index contributed by atoms with van der Waals surface area (Å²) < 4.78 is 9.76. The number of hydrogen-bond donors (Lipinski definition) is 0. The van der Waals surface area contributed by atoms with E-state index in [1.807, 2.05) is 12.1 Å². The van der Waals surface area contributed by atoms with Crippen LogP contribution in [0.5, 0.6) is 5.75 Å². The zero-order valence-corrected chi connectivity index (χ0v) is 12.7. The van der Waals surface area contributed by atoms with Crippen LogP contribution in [0.25, 0.3) is 0 Å². The summed E-state index contributed by atoms with van der Waals surface area (Å²) >= 11 is 0. The standard InChI is InChI=1S/C16H25NO3/c1-17(12-6-4-5-7-16(18)20-3)13-14-8-10-15(19-2)11-9-14/h8-11H,4-7,12-13H2,1-3H3. The molecule has 0 spiro atoms. The maximum absolute atomic E-state index is 11.0. The lowest BCUT2D eigenvalue weighted by molar-refractivity contribution is -0.140. The van der Waals surface area contributed by atoms with Crippen LogP contribution in [0.1, 0.15) is 31.2 Å². The maximum Gasteiger partial charge on any atom is 0.305 e. The number of carbonyl (C=O) groups excluding carboxylic acids is 1. The first-order valence-electron chi connectivity index (χ1n) is 7.04. The third-order valence-electron chi connectivity index (χ3n) is 3.26. The molecule has 1 aromatic carbocycles. The van der Waals surface area contributed by atoms with E-state index in [2.05, 4.69) is 28.8 Å². The van der Waals surface area contributed by atoms with Crippen molar-refractivity contribution in [3.63, 3.8) is 0 Å². The Morgan fingerprint density at radius 1 is 1.10 bits per heavy atom. The zero-order valence-electron chi connectivity index (χ0n) is 12.7. The van der Waals surface area contributed by atoms with Gasteiger partial charge in [-0.15, -0.1) is 0 Å². The van der Waals surface area contributed by atoms with Crippen molar-refractivity contribution in [3.8, 4) is 5.75 Å². The van der Waals surface area contributed by atoms with Gasteiger partial charge in [0.05, 0.1) is 14.2 Å². The molecule has 0 atom stereocenters. The molecule has 112 valence electrons. The average molecular weight is 279 g/mol. The van der Waals surface area contributed by atoms with E-state index in [1.165, 1.54) is 12.7 Å². The zero-order chi connectivity index (χ0) is 14.8. The van der Waals surface area contributed by atoms with E-state index in [9.17, 15) is 4.79 Å². The summed E-state index contributed by atoms with van der Waals surface area (Å²) in [6, 6.07) is 8.15. The summed E-state index contributed by atoms with van der Waals surface area (Å²) in [5, 5.41) is 0. The van der Waals surface area contributed by atoms with E-state index in [1.54, 1.807) is 7.11 Å². The van der Waals surface area contributed by atoms with Gasteiger partial charge in [0.2, 0.25) is 0 Å². The fourth-order valence-electron chi connectivity index (χ4n) is 2.05. The molecule has 0 radical (unpaired) electrons. The summed E-state index contributed by atoms with van der Waals surface area (Å²) in [6.45, 7) is 1.97. The van der Waals surface area contributed by atoms with Crippen LogP contribution >= 0.6 is 0 Å². The van der Waals surface area contributed by atoms with Crippen molar-refractivity contribution in [2.75, 3.05) is 27.8 Å². The van der Waals surface area contributed by atoms with Gasteiger partial charge in [-0.2, -0.15) is 0 Å². The largest absolute Gasteiger partial charge is 0.497 e. The molecule has 0 aliphatic heterocycles. The molecule has 1 aromatic rings. The molecule has 20 heavy (non-hydrogen) atoms. The van der Waals surface area contributed by atoms with Gasteiger partial charge in [-0.3, -0.25) is 4.79 Å². The third-order valence-corrected chi connectivity index (χ3v) is 3.26. The minimum absolute atomic E-state index is 0.114. The molecule has 0 aliphatic rings. The van der Waals surface area contributed by atoms with Crippen LogP contribution in [0.3, 0.4) is 0 Å². The molecule has 4 nitrogen and oxygen atoms in total. The summed E-state index contributed by atoms with van der Waals surface area (Å²) in [5.74, 6) is 0.774. The van der Waals surface area contributed by atoms with E-state index in [0.29, 0.717) is 6.42 Å². The Morgan fingerprint density at radius 2 is 1.80 bits per heavy atom. The smallest absolute Gasteiger partial charge is 0.305 e. The first kappa shape index (κ1) is 16.5. The number of methoxy groups -OCH3 is 2. The second-order valence-corrected chi connectivity index (χ2v) is 4.97. The molecule has 0 unspecified atom stereocenters. The van der Waals surface area contributed by atoms with Gasteiger partial charge in [0.1, 0.15) is 5.75 Å². The molecule has 0 fully saturated rings. The van der Waals surface area contributed by atoms with Crippen LogP contribution in [0.4, 0.5) is 0 Å². The van der Waals surface area contributed by atoms with Crippen LogP contribution in [0.15, 0.2) is 24.3 Å². The van der Waals surface area contributed by atoms with Gasteiger partial charge in [0, 0.05) is 13.0 Å². The molecule has 0 aliphatic carbocycles. The molecule has 0 N–H and O–H groups in total. The molecule has 0 saturated carbocycles. The monoisotopic (exact) mass is 279 g/mol. The van der Waals surface area contributed by atoms with E-state index in [0.717, 1.165) is 38.1 Å². The minimum atomic E-state index is -0.114. The predicted molar refractivity (Wildman–Crippen MR) is 79.8 cm³/mol. The van der Waals surface area contributed by atoms with Crippen molar-refractivity contribution in [1.29, 1.82) is 0 Å². The van der Waals surface area contributed by atoms with Crippen LogP contribution in [-0.2, 0) is 16.1 Å². The normalized spacial score (nSPS) is 10.6. The summed E-state index contributed by atoms with van der Waals surface area (Å²) in [5.41, 5.74) is 1.28. The number of rotatable bonds is 9. The highest BCUT2D eigenvalue weighted by Crippen LogP contribution is 2.13. The molecule has 0 bridgehead atoms. The van der Waals surface area contributed by atoms with Crippen LogP contribution < -0.4 is 4.74 Å². The summed E-state index contributed by atoms with van der Waals surface area (Å²) in [4.78, 5) is 13.3. The van der Waals surface area contributed by atoms with Crippen molar-refractivity contribution < 1.29 is 14.3 Å². The van der Waals surface area contributed by atoms with Gasteiger partial charge in [0.25, 0.3) is 0 Å². The van der Waals surface area contributed by atoms with E-state index < -0.39 is 0 Å². The van der Waals surface area contributed by atoms with E-state index >= 15 is 0 Å². The highest BCUT2D eigenvalue weighted by Gasteiger charge is 2.02. The fourth-order valence-corrected chi connectivity index (χ4v) is 2.05. The Balaban J connectivity index is 2.16. The second-order valence-electron chi connectivity index (χ2n) is 4.97. The number of benzene rings is 1. The fraction of sp³-hybridized carbons (Fsp3) is 0.562. The van der Waals surface area contributed by atoms with Gasteiger partial charge < -0.3 is 14.4 Å². The van der Waals surface area contributed by atoms with Crippen molar-refractivity contribution in [3.05, 3.63) is 29.8 Å². The number of hydrogen-bond acceptors (Lipinski definition) is 4. The number of unbranched alkanes of at least 4 members (excludes halogenated alkanes) is 2. The topological polar surface area (TPSA) is 38.8 Å². The Labute approximate surface area is 121 Å². The van der Waals surface area contributed by atoms with E-state index in [4.69, 9.17) is 4.74 Å². The third kappa shape index (κ3) is 6.57. The molecule has 4 heteroatoms. The Kier molecular flexibility index (Phi) is 7.73. The maximum atomic E-state index is 11.0. The van der Waals surface area contributed by atoms with Gasteiger partial charge in [-0.25, -0.2) is 0 Å². The molecule has 0 saturated heterocycles. The van der Waals surface area contributed by atoms with Gasteiger partial charge in [-0.05, 0) is 44.1 Å². The van der Waals surface area contributed by atoms with Crippen molar-refractivity contribution >= 4 is 5.97 Å². The second kappa shape index (κ2) is 9.37. The van der Waals surface area contributed by atoms with Crippen LogP contribution in [0, 0.1) is 0 Å². The quantitative estimate of drug-likeness (QED) is 0.514. The molecular weight excluding hydrogens is 254 g/mol. The highest BCUT2D eigenvalue weighted by molar-refractivity contribution is 5.68. The lowest BCUT2D eigenvalue weighted by Crippen LogP contribution is -2.19. The van der Waals surface area contributed by atoms with Gasteiger partial charge in [0.15, 0.2) is 0 Å². The van der Waals surface area contributed by atoms with Gasteiger partial charge in [-0.1, -0.05) is 18.6 Å². The lowest BCUT2D eigenvalue weighted by atomic mass is 10.1. The predicted octanol–water partition coefficient (Wildman–Crippen LogP) is 2.86. The van der Waals surface area contributed by atoms with Crippen molar-refractivity contribution in [1.82, 2.24) is 4.90 Å². The van der Waals surface area contributed by atoms with Gasteiger partial charge >= 0.3 is 5.97 Å². The molecule has 0 amide bonds. The Morgan fingerprint density at radius 3 is 2.40 bits per heavy atom. The molecule has 1 rings (SSSR count). The van der Waals surface area contributed by atoms with Crippen LogP contribution in [-0.4, -0.2) is 38.7 Å². The number of nitrogens with zero attached hydrogens (tertiary/aromatic N) is 1. The minimum Gasteiger partial charge on any atom is -0.497 e. The van der Waals surface area contributed by atoms with Crippen molar-refractivity contribution in [2.24, 2.45) is 0 Å². The SMILES string of the molecule is COC(=O)CCCCCN(C)Cc1ccc(OC)cc1. The summed E-state index contributed by atoms with van der Waals surface area (Å²) in [6.07, 6.45) is 3.59. The van der Waals surface area contributed by atoms with Crippen LogP contribution in [0.2, 0.25) is 0 Å². The average Bonchev–Trinajstić information content (AvgIpc) is 2.47. The molecule has 0 aromatic heterocycles. The van der Waals surface area contributed by atoms with Crippen molar-refractivity contribution in [2.45, 2.75) is 32.2 Å². The lowest BCUT2D eigenvalue weighted by Gasteiger charge is -2.16. The Hall–Kier alpha value is -1.55. The number of esters is 1. The summed E-state index contributed by atoms with van der Waals surface area (Å²) in [7, 11) is 5.23. The molecule has 0 heterocycles. The number of carbonyl (C=O) groups is 1. The number of ether oxygens (including phenoxy) is 2.